The number of methoxy groups -OCH3 is 1. The third-order valence-corrected chi connectivity index (χ3v) is 2.90. The molecule has 112 valence electrons. The van der Waals surface area contributed by atoms with Gasteiger partial charge in [-0.05, 0) is 19.8 Å². The summed E-state index contributed by atoms with van der Waals surface area (Å²) in [4.78, 5) is 0. The molecule has 1 heterocycles. The van der Waals surface area contributed by atoms with Gasteiger partial charge >= 0.3 is 23.1 Å². The number of rotatable bonds is 9. The van der Waals surface area contributed by atoms with Crippen molar-refractivity contribution in [2.75, 3.05) is 27.1 Å². The molecule has 0 aromatic rings. The molecule has 1 atom stereocenters. The van der Waals surface area contributed by atoms with E-state index in [2.05, 4.69) is 6.08 Å². The average Bonchev–Trinajstić information content (AvgIpc) is 2.85. The molecular formula is C14H23BrMgO4. The van der Waals surface area contributed by atoms with Crippen LogP contribution < -0.4 is 17.0 Å². The molecule has 1 saturated heterocycles. The molecule has 0 amide bonds. The first-order chi connectivity index (χ1) is 8.79. The molecule has 20 heavy (non-hydrogen) atoms. The largest absolute Gasteiger partial charge is 2.00 e. The average molecular weight is 360 g/mol. The van der Waals surface area contributed by atoms with Crippen molar-refractivity contribution in [1.29, 1.82) is 0 Å². The van der Waals surface area contributed by atoms with Crippen LogP contribution in [0.3, 0.4) is 0 Å². The summed E-state index contributed by atoms with van der Waals surface area (Å²) in [6.45, 7) is 8.89. The normalized spacial score (nSPS) is 18.3. The first-order valence-corrected chi connectivity index (χ1v) is 6.32. The van der Waals surface area contributed by atoms with Gasteiger partial charge in [-0.1, -0.05) is 12.2 Å². The van der Waals surface area contributed by atoms with E-state index in [4.69, 9.17) is 25.5 Å². The predicted molar refractivity (Wildman–Crippen MR) is 74.7 cm³/mol. The fraction of sp³-hybridized carbons (Fsp3) is 0.714. The van der Waals surface area contributed by atoms with Gasteiger partial charge in [0.15, 0.2) is 5.79 Å². The number of allylic oxidation sites excluding steroid dienone is 2. The van der Waals surface area contributed by atoms with Crippen molar-refractivity contribution in [2.24, 2.45) is 0 Å². The molecule has 0 spiro atoms. The second-order valence-corrected chi connectivity index (χ2v) is 4.15. The van der Waals surface area contributed by atoms with Gasteiger partial charge in [0.2, 0.25) is 0 Å². The molecule has 0 radical (unpaired) electrons. The van der Waals surface area contributed by atoms with Gasteiger partial charge in [0.1, 0.15) is 12.9 Å². The van der Waals surface area contributed by atoms with Crippen molar-refractivity contribution in [3.63, 3.8) is 0 Å². The first kappa shape index (κ1) is 22.8. The Morgan fingerprint density at radius 3 is 2.50 bits per heavy atom. The molecule has 1 fully saturated rings. The van der Waals surface area contributed by atoms with Crippen molar-refractivity contribution in [3.8, 4) is 0 Å². The Hall–Kier alpha value is 0.566. The summed E-state index contributed by atoms with van der Waals surface area (Å²) in [6, 6.07) is 0. The maximum atomic E-state index is 5.79. The summed E-state index contributed by atoms with van der Waals surface area (Å²) >= 11 is 0. The van der Waals surface area contributed by atoms with Gasteiger partial charge in [0.05, 0.1) is 13.2 Å². The maximum Gasteiger partial charge on any atom is 2.00 e. The minimum absolute atomic E-state index is 0. The smallest absolute Gasteiger partial charge is 1.00 e. The fourth-order valence-corrected chi connectivity index (χ4v) is 2.06. The standard InChI is InChI=1S/C14H23O4.BrH.Mg/c1-4-6-7-9-14(17-10-11-18-14)13(8-5-2)16-12-15-3;;/h2,4-6,13H,7-12H2,1,3H3;1H;/q-1;;+2/p-1/b6-4+;;/t13-;;/m1../s1. The van der Waals surface area contributed by atoms with E-state index in [0.717, 1.165) is 12.8 Å². The quantitative estimate of drug-likeness (QED) is 0.231. The van der Waals surface area contributed by atoms with E-state index in [1.165, 1.54) is 0 Å². The minimum atomic E-state index is -0.700. The first-order valence-electron chi connectivity index (χ1n) is 6.32. The van der Waals surface area contributed by atoms with E-state index in [1.54, 1.807) is 13.2 Å². The van der Waals surface area contributed by atoms with E-state index < -0.39 is 5.79 Å². The van der Waals surface area contributed by atoms with Gasteiger partial charge in [-0.2, -0.15) is 0 Å². The Morgan fingerprint density at radius 1 is 1.35 bits per heavy atom. The molecular weight excluding hydrogens is 336 g/mol. The zero-order chi connectivity index (χ0) is 13.3. The zero-order valence-corrected chi connectivity index (χ0v) is 15.3. The van der Waals surface area contributed by atoms with Crippen LogP contribution in [-0.4, -0.2) is 62.1 Å². The molecule has 0 unspecified atom stereocenters. The number of hydrogen-bond acceptors (Lipinski definition) is 4. The van der Waals surface area contributed by atoms with Crippen LogP contribution >= 0.6 is 0 Å². The van der Waals surface area contributed by atoms with Crippen LogP contribution in [0.2, 0.25) is 0 Å². The summed E-state index contributed by atoms with van der Waals surface area (Å²) in [5.74, 6) is -0.700. The molecule has 0 N–H and O–H groups in total. The van der Waals surface area contributed by atoms with Crippen LogP contribution in [-0.2, 0) is 18.9 Å². The summed E-state index contributed by atoms with van der Waals surface area (Å²) in [5, 5.41) is 0. The summed E-state index contributed by atoms with van der Waals surface area (Å²) in [5.41, 5.74) is 0. The van der Waals surface area contributed by atoms with Crippen LogP contribution in [0, 0.1) is 6.58 Å². The summed E-state index contributed by atoms with van der Waals surface area (Å²) < 4.78 is 22.2. The second kappa shape index (κ2) is 13.2. The number of halogens is 1. The monoisotopic (exact) mass is 358 g/mol. The van der Waals surface area contributed by atoms with E-state index in [0.29, 0.717) is 19.6 Å². The zero-order valence-electron chi connectivity index (χ0n) is 12.3. The van der Waals surface area contributed by atoms with Gasteiger partial charge in [0.25, 0.3) is 0 Å². The van der Waals surface area contributed by atoms with Crippen molar-refractivity contribution in [1.82, 2.24) is 0 Å². The van der Waals surface area contributed by atoms with Crippen molar-refractivity contribution in [3.05, 3.63) is 24.8 Å². The molecule has 0 aromatic heterocycles. The van der Waals surface area contributed by atoms with Crippen LogP contribution in [0.5, 0.6) is 0 Å². The number of hydrogen-bond donors (Lipinski definition) is 0. The van der Waals surface area contributed by atoms with Crippen molar-refractivity contribution in [2.45, 2.75) is 38.1 Å². The molecule has 1 rings (SSSR count). The Kier molecular flexibility index (Phi) is 15.1. The topological polar surface area (TPSA) is 36.9 Å². The maximum absolute atomic E-state index is 5.79. The van der Waals surface area contributed by atoms with Gasteiger partial charge in [-0.3, -0.25) is 6.08 Å². The van der Waals surface area contributed by atoms with Gasteiger partial charge in [-0.25, -0.2) is 0 Å². The van der Waals surface area contributed by atoms with Crippen LogP contribution in [0.1, 0.15) is 26.2 Å². The van der Waals surface area contributed by atoms with Gasteiger partial charge < -0.3 is 42.5 Å². The third kappa shape index (κ3) is 7.02. The van der Waals surface area contributed by atoms with E-state index in [-0.39, 0.29) is 52.9 Å². The molecule has 0 aromatic carbocycles. The molecule has 6 heteroatoms. The predicted octanol–water partition coefficient (Wildman–Crippen LogP) is -0.923. The molecule has 4 nitrogen and oxygen atoms in total. The number of ether oxygens (including phenoxy) is 4. The van der Waals surface area contributed by atoms with Crippen LogP contribution in [0.25, 0.3) is 0 Å². The van der Waals surface area contributed by atoms with Gasteiger partial charge in [-0.15, -0.1) is 0 Å². The Morgan fingerprint density at radius 2 is 2.00 bits per heavy atom. The van der Waals surface area contributed by atoms with E-state index in [9.17, 15) is 0 Å². The molecule has 0 aliphatic carbocycles. The second-order valence-electron chi connectivity index (χ2n) is 4.15. The van der Waals surface area contributed by atoms with Crippen LogP contribution in [0.4, 0.5) is 0 Å². The van der Waals surface area contributed by atoms with Crippen molar-refractivity contribution >= 4 is 23.1 Å². The van der Waals surface area contributed by atoms with E-state index >= 15 is 0 Å². The molecule has 0 saturated carbocycles. The van der Waals surface area contributed by atoms with Crippen LogP contribution in [0.15, 0.2) is 18.2 Å². The summed E-state index contributed by atoms with van der Waals surface area (Å²) in [6.07, 6.45) is 7.64. The Balaban J connectivity index is 0. The molecule has 1 aliphatic heterocycles. The Labute approximate surface area is 148 Å². The third-order valence-electron chi connectivity index (χ3n) is 2.90. The van der Waals surface area contributed by atoms with Gasteiger partial charge in [0, 0.05) is 13.5 Å². The minimum Gasteiger partial charge on any atom is -1.00 e. The molecule has 0 bridgehead atoms. The fourth-order valence-electron chi connectivity index (χ4n) is 2.06. The summed E-state index contributed by atoms with van der Waals surface area (Å²) in [7, 11) is 1.59. The molecule has 1 aliphatic rings. The van der Waals surface area contributed by atoms with E-state index in [1.807, 2.05) is 13.0 Å². The SMILES string of the molecule is [Br-].[CH-]=CC[C@@H](OCOC)C1(CC/C=C/C)OCCO1.[Mg+2]. The Bertz CT molecular complexity index is 268. The van der Waals surface area contributed by atoms with Crippen molar-refractivity contribution < 1.29 is 35.9 Å².